The molecule has 0 radical (unpaired) electrons. The highest BCUT2D eigenvalue weighted by Crippen LogP contribution is 2.24. The molecule has 4 nitrogen and oxygen atoms in total. The maximum Gasteiger partial charge on any atom is 0.359 e. The molecule has 136 valence electrons. The van der Waals surface area contributed by atoms with E-state index in [1.807, 2.05) is 66.9 Å². The minimum Gasteiger partial charge on any atom is -0.424 e. The van der Waals surface area contributed by atoms with E-state index in [-0.39, 0.29) is 5.97 Å². The van der Waals surface area contributed by atoms with Crippen LogP contribution in [0.5, 0.6) is 0 Å². The minimum atomic E-state index is -0.375. The summed E-state index contributed by atoms with van der Waals surface area (Å²) in [5.41, 5.74) is 4.80. The van der Waals surface area contributed by atoms with Gasteiger partial charge in [0.25, 0.3) is 0 Å². The van der Waals surface area contributed by atoms with E-state index >= 15 is 0 Å². The number of carbonyl (C=O) groups excluding carboxylic acids is 1. The Hall–Kier alpha value is -2.98. The van der Waals surface area contributed by atoms with Gasteiger partial charge in [0.2, 0.25) is 0 Å². The Morgan fingerprint density at radius 2 is 1.81 bits per heavy atom. The molecule has 5 heteroatoms. The number of fused-ring (bicyclic) bond motifs is 1. The summed E-state index contributed by atoms with van der Waals surface area (Å²) in [4.78, 5) is 15.4. The Balaban J connectivity index is 1.37. The van der Waals surface area contributed by atoms with Crippen LogP contribution in [0, 0.1) is 0 Å². The molecule has 0 saturated carbocycles. The van der Waals surface area contributed by atoms with Crippen molar-refractivity contribution in [1.29, 1.82) is 0 Å². The summed E-state index contributed by atoms with van der Waals surface area (Å²) in [7, 11) is 0. The third-order valence-corrected chi connectivity index (χ3v) is 4.78. The summed E-state index contributed by atoms with van der Waals surface area (Å²) in [6, 6.07) is 17.6. The lowest BCUT2D eigenvalue weighted by molar-refractivity contribution is 0.0620. The first-order chi connectivity index (χ1) is 13.2. The predicted octanol–water partition coefficient (Wildman–Crippen LogP) is 5.08. The van der Waals surface area contributed by atoms with Gasteiger partial charge in [0.15, 0.2) is 0 Å². The number of aryl methyl sites for hydroxylation is 2. The number of carbonyl (C=O) groups is 1. The molecule has 0 saturated heterocycles. The van der Waals surface area contributed by atoms with Gasteiger partial charge >= 0.3 is 5.97 Å². The van der Waals surface area contributed by atoms with Crippen LogP contribution in [0.4, 0.5) is 5.69 Å². The average Bonchev–Trinajstić information content (AvgIpc) is 3.17. The number of esters is 1. The average molecular weight is 379 g/mol. The number of ether oxygens (including phenoxy) is 1. The zero-order chi connectivity index (χ0) is 18.6. The topological polar surface area (TPSA) is 54.1 Å². The van der Waals surface area contributed by atoms with Crippen LogP contribution in [0.2, 0.25) is 5.02 Å². The lowest BCUT2D eigenvalue weighted by Crippen LogP contribution is -2.16. The van der Waals surface area contributed by atoms with E-state index in [0.29, 0.717) is 18.0 Å². The van der Waals surface area contributed by atoms with Crippen molar-refractivity contribution in [3.63, 3.8) is 0 Å². The van der Waals surface area contributed by atoms with Gasteiger partial charge in [0.1, 0.15) is 11.5 Å². The van der Waals surface area contributed by atoms with E-state index in [4.69, 9.17) is 16.3 Å². The summed E-state index contributed by atoms with van der Waals surface area (Å²) < 4.78 is 5.54. The number of aromatic nitrogens is 1. The number of para-hydroxylation sites is 1. The smallest absolute Gasteiger partial charge is 0.359 e. The number of anilines is 1. The number of benzene rings is 2. The second-order valence-electron chi connectivity index (χ2n) is 6.49. The number of H-pyrrole nitrogens is 1. The number of nitrogens with one attached hydrogen (secondary N) is 2. The van der Waals surface area contributed by atoms with Crippen LogP contribution in [0.25, 0.3) is 6.08 Å². The fraction of sp³-hybridized carbons (Fsp3) is 0.136. The van der Waals surface area contributed by atoms with E-state index in [2.05, 4.69) is 10.3 Å². The molecule has 1 aliphatic heterocycles. The van der Waals surface area contributed by atoms with E-state index in [9.17, 15) is 4.79 Å². The van der Waals surface area contributed by atoms with Gasteiger partial charge in [-0.1, -0.05) is 41.9 Å². The quantitative estimate of drug-likeness (QED) is 0.609. The Morgan fingerprint density at radius 3 is 2.67 bits per heavy atom. The highest BCUT2D eigenvalue weighted by Gasteiger charge is 2.16. The molecule has 0 aliphatic carbocycles. The van der Waals surface area contributed by atoms with Gasteiger partial charge in [-0.3, -0.25) is 0 Å². The molecule has 0 bridgehead atoms. The number of hydrogen-bond donors (Lipinski definition) is 2. The van der Waals surface area contributed by atoms with E-state index < -0.39 is 0 Å². The Kier molecular flexibility index (Phi) is 4.99. The first kappa shape index (κ1) is 17.4. The molecule has 3 aromatic rings. The molecular weight excluding hydrogens is 360 g/mol. The van der Waals surface area contributed by atoms with Crippen molar-refractivity contribution < 1.29 is 9.53 Å². The van der Waals surface area contributed by atoms with Crippen LogP contribution in [0.3, 0.4) is 0 Å². The first-order valence-electron chi connectivity index (χ1n) is 8.85. The molecule has 4 rings (SSSR count). The fourth-order valence-electron chi connectivity index (χ4n) is 3.07. The van der Waals surface area contributed by atoms with Crippen molar-refractivity contribution in [3.05, 3.63) is 94.0 Å². The maximum absolute atomic E-state index is 12.4. The second-order valence-corrected chi connectivity index (χ2v) is 6.93. The molecule has 2 N–H and O–H groups in total. The van der Waals surface area contributed by atoms with Crippen molar-refractivity contribution in [2.45, 2.75) is 12.8 Å². The van der Waals surface area contributed by atoms with Crippen LogP contribution in [0.1, 0.15) is 27.2 Å². The first-order valence-corrected chi connectivity index (χ1v) is 9.22. The van der Waals surface area contributed by atoms with Gasteiger partial charge in [0, 0.05) is 22.5 Å². The zero-order valence-electron chi connectivity index (χ0n) is 14.7. The van der Waals surface area contributed by atoms with Gasteiger partial charge in [-0.25, -0.2) is 4.79 Å². The van der Waals surface area contributed by atoms with Crippen molar-refractivity contribution >= 4 is 29.3 Å². The summed E-state index contributed by atoms with van der Waals surface area (Å²) in [6.45, 7) is 0.493. The largest absolute Gasteiger partial charge is 0.424 e. The summed E-state index contributed by atoms with van der Waals surface area (Å²) in [5, 5.41) is 3.99. The van der Waals surface area contributed by atoms with Crippen molar-refractivity contribution in [3.8, 4) is 0 Å². The summed E-state index contributed by atoms with van der Waals surface area (Å²) in [6.07, 6.45) is 5.47. The third kappa shape index (κ3) is 4.23. The van der Waals surface area contributed by atoms with Crippen LogP contribution in [-0.2, 0) is 17.6 Å². The van der Waals surface area contributed by atoms with Crippen molar-refractivity contribution in [2.75, 3.05) is 11.9 Å². The van der Waals surface area contributed by atoms with Crippen LogP contribution < -0.4 is 5.32 Å². The van der Waals surface area contributed by atoms with Crippen LogP contribution in [-0.4, -0.2) is 17.5 Å². The summed E-state index contributed by atoms with van der Waals surface area (Å²) >= 11 is 5.91. The molecule has 2 heterocycles. The van der Waals surface area contributed by atoms with Gasteiger partial charge in [-0.15, -0.1) is 0 Å². The van der Waals surface area contributed by atoms with Crippen molar-refractivity contribution in [1.82, 2.24) is 4.98 Å². The van der Waals surface area contributed by atoms with Gasteiger partial charge in [-0.2, -0.15) is 0 Å². The fourth-order valence-corrected chi connectivity index (χ4v) is 3.20. The summed E-state index contributed by atoms with van der Waals surface area (Å²) in [5.74, 6) is 0.233. The molecule has 2 aromatic carbocycles. The highest BCUT2D eigenvalue weighted by atomic mass is 35.5. The molecule has 0 unspecified atom stereocenters. The molecule has 1 aromatic heterocycles. The number of hydrogen-bond acceptors (Lipinski definition) is 3. The van der Waals surface area contributed by atoms with E-state index in [0.717, 1.165) is 34.7 Å². The molecular formula is C22H19ClN2O2. The molecule has 0 atom stereocenters. The zero-order valence-corrected chi connectivity index (χ0v) is 15.4. The van der Waals surface area contributed by atoms with Gasteiger partial charge < -0.3 is 15.0 Å². The van der Waals surface area contributed by atoms with Crippen molar-refractivity contribution in [2.24, 2.45) is 0 Å². The normalized spacial score (nSPS) is 12.7. The SMILES string of the molecule is O=C(OC1=Cc2ccccc2NC1)c1cc(CCc2ccc(Cl)cc2)c[nH]1. The predicted molar refractivity (Wildman–Crippen MR) is 108 cm³/mol. The lowest BCUT2D eigenvalue weighted by Gasteiger charge is -2.17. The maximum atomic E-state index is 12.4. The van der Waals surface area contributed by atoms with E-state index in [1.54, 1.807) is 0 Å². The molecule has 27 heavy (non-hydrogen) atoms. The number of rotatable bonds is 5. The lowest BCUT2D eigenvalue weighted by atomic mass is 10.1. The molecule has 0 amide bonds. The van der Waals surface area contributed by atoms with E-state index in [1.165, 1.54) is 5.56 Å². The van der Waals surface area contributed by atoms with Crippen LogP contribution in [0.15, 0.2) is 66.6 Å². The van der Waals surface area contributed by atoms with Gasteiger partial charge in [-0.05, 0) is 54.3 Å². The second kappa shape index (κ2) is 7.72. The monoisotopic (exact) mass is 378 g/mol. The Labute approximate surface area is 162 Å². The standard InChI is InChI=1S/C22H19ClN2O2/c23-18-9-7-15(8-10-18)5-6-16-11-21(24-13-16)22(26)27-19-12-17-3-1-2-4-20(17)25-14-19/h1-4,7-13,24-25H,5-6,14H2. The molecule has 1 aliphatic rings. The number of halogens is 1. The molecule has 0 fully saturated rings. The van der Waals surface area contributed by atoms with Gasteiger partial charge in [0.05, 0.1) is 6.54 Å². The Bertz CT molecular complexity index is 990. The Morgan fingerprint density at radius 1 is 1.04 bits per heavy atom. The third-order valence-electron chi connectivity index (χ3n) is 4.53. The highest BCUT2D eigenvalue weighted by molar-refractivity contribution is 6.30. The van der Waals surface area contributed by atoms with Crippen LogP contribution >= 0.6 is 11.6 Å². The minimum absolute atomic E-state index is 0.375. The number of aromatic amines is 1. The molecule has 0 spiro atoms.